The quantitative estimate of drug-likeness (QED) is 0.326. The number of aromatic nitrogens is 2. The zero-order valence-corrected chi connectivity index (χ0v) is 17.4. The molecule has 11 heteroatoms. The highest BCUT2D eigenvalue weighted by Crippen LogP contribution is 2.30. The topological polar surface area (TPSA) is 127 Å². The number of hydrogen-bond donors (Lipinski definition) is 1. The number of anilines is 1. The second kappa shape index (κ2) is 8.11. The molecule has 0 bridgehead atoms. The number of halogens is 1. The van der Waals surface area contributed by atoms with Gasteiger partial charge in [-0.15, -0.1) is 0 Å². The summed E-state index contributed by atoms with van der Waals surface area (Å²) < 4.78 is 2.50. The lowest BCUT2D eigenvalue weighted by Gasteiger charge is -2.14. The van der Waals surface area contributed by atoms with Gasteiger partial charge in [0.15, 0.2) is 0 Å². The Balaban J connectivity index is 1.48. The number of carbonyl (C=O) groups excluding carboxylic acids is 3. The third-order valence-electron chi connectivity index (χ3n) is 4.71. The van der Waals surface area contributed by atoms with E-state index >= 15 is 0 Å². The van der Waals surface area contributed by atoms with Crippen LogP contribution in [-0.2, 0) is 11.3 Å². The van der Waals surface area contributed by atoms with E-state index in [4.69, 9.17) is 0 Å². The van der Waals surface area contributed by atoms with E-state index in [1.165, 1.54) is 18.3 Å². The molecule has 0 aliphatic carbocycles. The van der Waals surface area contributed by atoms with Gasteiger partial charge in [0.25, 0.3) is 17.5 Å². The Kier molecular flexibility index (Phi) is 5.34. The Morgan fingerprint density at radius 3 is 2.55 bits per heavy atom. The molecule has 10 nitrogen and oxygen atoms in total. The summed E-state index contributed by atoms with van der Waals surface area (Å²) in [5.41, 5.74) is 0.0965. The van der Waals surface area contributed by atoms with E-state index in [1.54, 1.807) is 10.7 Å². The van der Waals surface area contributed by atoms with E-state index < -0.39 is 34.9 Å². The molecular formula is C20H14BrN5O5. The van der Waals surface area contributed by atoms with Crippen LogP contribution in [0, 0.1) is 10.1 Å². The summed E-state index contributed by atoms with van der Waals surface area (Å²) in [5, 5.41) is 18.0. The van der Waals surface area contributed by atoms with Gasteiger partial charge in [0.05, 0.1) is 23.2 Å². The predicted octanol–water partition coefficient (Wildman–Crippen LogP) is 2.84. The minimum absolute atomic E-state index is 0.0905. The number of nitro groups is 1. The minimum Gasteiger partial charge on any atom is -0.309 e. The van der Waals surface area contributed by atoms with Crippen molar-refractivity contribution in [1.82, 2.24) is 14.7 Å². The van der Waals surface area contributed by atoms with E-state index in [0.717, 1.165) is 16.1 Å². The highest BCUT2D eigenvalue weighted by molar-refractivity contribution is 9.10. The van der Waals surface area contributed by atoms with Crippen LogP contribution in [-0.4, -0.2) is 43.9 Å². The molecule has 0 radical (unpaired) electrons. The number of benzene rings is 2. The van der Waals surface area contributed by atoms with Crippen LogP contribution >= 0.6 is 15.9 Å². The lowest BCUT2D eigenvalue weighted by Crippen LogP contribution is -2.37. The van der Waals surface area contributed by atoms with Crippen molar-refractivity contribution < 1.29 is 19.3 Å². The first kappa shape index (κ1) is 20.4. The van der Waals surface area contributed by atoms with Crippen molar-refractivity contribution in [2.24, 2.45) is 0 Å². The SMILES string of the molecule is O=C(CN1C(=O)c2cccc([N+](=O)[O-])c2C1=O)Nc1ccnn1Cc1ccc(Br)cc1. The Hall–Kier alpha value is -3.86. The van der Waals surface area contributed by atoms with Crippen LogP contribution in [0.4, 0.5) is 11.5 Å². The highest BCUT2D eigenvalue weighted by Gasteiger charge is 2.41. The molecule has 0 unspecified atom stereocenters. The fourth-order valence-corrected chi connectivity index (χ4v) is 3.53. The van der Waals surface area contributed by atoms with Gasteiger partial charge < -0.3 is 5.32 Å². The molecule has 1 aliphatic heterocycles. The normalized spacial score (nSPS) is 12.7. The van der Waals surface area contributed by atoms with Crippen LogP contribution < -0.4 is 5.32 Å². The maximum Gasteiger partial charge on any atom is 0.282 e. The molecule has 4 rings (SSSR count). The summed E-state index contributed by atoms with van der Waals surface area (Å²) >= 11 is 3.37. The maximum absolute atomic E-state index is 12.6. The Bertz CT molecular complexity index is 1220. The number of nitrogens with one attached hydrogen (secondary N) is 1. The number of amides is 3. The van der Waals surface area contributed by atoms with Gasteiger partial charge in [-0.25, -0.2) is 4.68 Å². The maximum atomic E-state index is 12.6. The monoisotopic (exact) mass is 483 g/mol. The van der Waals surface area contributed by atoms with Gasteiger partial charge in [0, 0.05) is 16.6 Å². The van der Waals surface area contributed by atoms with E-state index in [9.17, 15) is 24.5 Å². The second-order valence-electron chi connectivity index (χ2n) is 6.70. The predicted molar refractivity (Wildman–Crippen MR) is 113 cm³/mol. The van der Waals surface area contributed by atoms with E-state index in [0.29, 0.717) is 17.3 Å². The van der Waals surface area contributed by atoms with Gasteiger partial charge in [-0.1, -0.05) is 34.1 Å². The largest absolute Gasteiger partial charge is 0.309 e. The van der Waals surface area contributed by atoms with Crippen LogP contribution in [0.3, 0.4) is 0 Å². The van der Waals surface area contributed by atoms with Crippen molar-refractivity contribution >= 4 is 45.2 Å². The minimum atomic E-state index is -0.870. The molecule has 0 spiro atoms. The van der Waals surface area contributed by atoms with Crippen LogP contribution in [0.2, 0.25) is 0 Å². The molecular weight excluding hydrogens is 470 g/mol. The fraction of sp³-hybridized carbons (Fsp3) is 0.100. The molecule has 0 saturated carbocycles. The molecule has 0 fully saturated rings. The number of rotatable bonds is 6. The van der Waals surface area contributed by atoms with Gasteiger partial charge in [-0.2, -0.15) is 5.10 Å². The van der Waals surface area contributed by atoms with Crippen molar-refractivity contribution in [3.8, 4) is 0 Å². The molecule has 0 saturated heterocycles. The smallest absolute Gasteiger partial charge is 0.282 e. The standard InChI is InChI=1S/C20H14BrN5O5/c21-13-6-4-12(5-7-13)10-25-16(8-9-22-25)23-17(27)11-24-19(28)14-2-1-3-15(26(30)31)18(14)20(24)29/h1-9H,10-11H2,(H,23,27). The molecule has 0 atom stereocenters. The summed E-state index contributed by atoms with van der Waals surface area (Å²) in [6.45, 7) is -0.179. The third-order valence-corrected chi connectivity index (χ3v) is 5.23. The zero-order chi connectivity index (χ0) is 22.1. The molecule has 156 valence electrons. The zero-order valence-electron chi connectivity index (χ0n) is 15.8. The Morgan fingerprint density at radius 1 is 1.10 bits per heavy atom. The molecule has 3 aromatic rings. The summed E-state index contributed by atoms with van der Waals surface area (Å²) in [6, 6.07) is 13.0. The van der Waals surface area contributed by atoms with Gasteiger partial charge in [-0.05, 0) is 23.8 Å². The molecule has 31 heavy (non-hydrogen) atoms. The number of hydrogen-bond acceptors (Lipinski definition) is 6. The Labute approximate surface area is 183 Å². The lowest BCUT2D eigenvalue weighted by atomic mass is 10.1. The van der Waals surface area contributed by atoms with E-state index in [-0.39, 0.29) is 11.1 Å². The third kappa shape index (κ3) is 3.94. The van der Waals surface area contributed by atoms with E-state index in [2.05, 4.69) is 26.3 Å². The first-order valence-electron chi connectivity index (χ1n) is 9.05. The van der Waals surface area contributed by atoms with Crippen LogP contribution in [0.1, 0.15) is 26.3 Å². The molecule has 1 aromatic heterocycles. The number of fused-ring (bicyclic) bond motifs is 1. The first-order chi connectivity index (χ1) is 14.8. The average molecular weight is 484 g/mol. The van der Waals surface area contributed by atoms with Crippen molar-refractivity contribution in [2.75, 3.05) is 11.9 Å². The molecule has 1 N–H and O–H groups in total. The summed E-state index contributed by atoms with van der Waals surface area (Å²) in [6.07, 6.45) is 1.51. The molecule has 1 aliphatic rings. The summed E-state index contributed by atoms with van der Waals surface area (Å²) in [5.74, 6) is -1.86. The first-order valence-corrected chi connectivity index (χ1v) is 9.84. The van der Waals surface area contributed by atoms with Crippen molar-refractivity contribution in [1.29, 1.82) is 0 Å². The van der Waals surface area contributed by atoms with Gasteiger partial charge in [0.1, 0.15) is 17.9 Å². The molecule has 2 aromatic carbocycles. The highest BCUT2D eigenvalue weighted by atomic mass is 79.9. The average Bonchev–Trinajstić information content (AvgIpc) is 3.27. The molecule has 2 heterocycles. The van der Waals surface area contributed by atoms with E-state index in [1.807, 2.05) is 24.3 Å². The van der Waals surface area contributed by atoms with Crippen LogP contribution in [0.5, 0.6) is 0 Å². The van der Waals surface area contributed by atoms with Crippen LogP contribution in [0.15, 0.2) is 59.2 Å². The van der Waals surface area contributed by atoms with Crippen LogP contribution in [0.25, 0.3) is 0 Å². The van der Waals surface area contributed by atoms with Gasteiger partial charge >= 0.3 is 0 Å². The number of carbonyl (C=O) groups is 3. The summed E-state index contributed by atoms with van der Waals surface area (Å²) in [4.78, 5) is 48.8. The van der Waals surface area contributed by atoms with Crippen molar-refractivity contribution in [3.05, 3.63) is 86.0 Å². The summed E-state index contributed by atoms with van der Waals surface area (Å²) in [7, 11) is 0. The second-order valence-corrected chi connectivity index (χ2v) is 7.62. The number of nitro benzene ring substituents is 1. The number of nitrogens with zero attached hydrogens (tertiary/aromatic N) is 4. The Morgan fingerprint density at radius 2 is 1.84 bits per heavy atom. The van der Waals surface area contributed by atoms with Gasteiger partial charge in [0.2, 0.25) is 5.91 Å². The number of imide groups is 1. The van der Waals surface area contributed by atoms with Crippen molar-refractivity contribution in [3.63, 3.8) is 0 Å². The lowest BCUT2D eigenvalue weighted by molar-refractivity contribution is -0.385. The fourth-order valence-electron chi connectivity index (χ4n) is 3.27. The molecule has 3 amide bonds. The van der Waals surface area contributed by atoms with Gasteiger partial charge in [-0.3, -0.25) is 29.4 Å². The van der Waals surface area contributed by atoms with Crippen molar-refractivity contribution in [2.45, 2.75) is 6.54 Å².